The van der Waals surface area contributed by atoms with Crippen LogP contribution >= 0.6 is 12.4 Å². The number of nitrogens with two attached hydrogens (primary N) is 2. The van der Waals surface area contributed by atoms with Gasteiger partial charge in [0.15, 0.2) is 0 Å². The predicted molar refractivity (Wildman–Crippen MR) is 158 cm³/mol. The van der Waals surface area contributed by atoms with Gasteiger partial charge in [-0.15, -0.1) is 12.4 Å². The lowest BCUT2D eigenvalue weighted by Gasteiger charge is -2.17. The Morgan fingerprint density at radius 3 is 1.67 bits per heavy atom. The molecule has 1 atom stereocenters. The first kappa shape index (κ1) is 35.1. The molecule has 0 amide bonds. The Morgan fingerprint density at radius 1 is 0.694 bits per heavy atom. The van der Waals surface area contributed by atoms with Crippen LogP contribution in [0.1, 0.15) is 76.3 Å². The minimum atomic E-state index is 0. The number of rotatable bonds is 25. The van der Waals surface area contributed by atoms with E-state index < -0.39 is 0 Å². The number of halogens is 1. The van der Waals surface area contributed by atoms with E-state index >= 15 is 0 Å². The van der Waals surface area contributed by atoms with Crippen LogP contribution < -0.4 is 37.5 Å². The smallest absolute Gasteiger partial charge is 0.119 e. The Hall–Kier alpha value is -0.930. The van der Waals surface area contributed by atoms with E-state index in [4.69, 9.17) is 16.2 Å². The highest BCUT2D eigenvalue weighted by Crippen LogP contribution is 2.20. The molecule has 8 N–H and O–H groups in total. The summed E-state index contributed by atoms with van der Waals surface area (Å²) in [6.07, 6.45) is 9.27. The van der Waals surface area contributed by atoms with E-state index in [9.17, 15) is 0 Å². The van der Waals surface area contributed by atoms with Crippen molar-refractivity contribution in [2.45, 2.75) is 78.3 Å². The molecule has 0 aliphatic carbocycles. The topological polar surface area (TPSA) is 109 Å². The molecule has 7 nitrogen and oxygen atoms in total. The zero-order chi connectivity index (χ0) is 25.4. The summed E-state index contributed by atoms with van der Waals surface area (Å²) in [4.78, 5) is 0. The fourth-order valence-corrected chi connectivity index (χ4v) is 3.97. The molecule has 0 fully saturated rings. The molecule has 1 rings (SSSR count). The third kappa shape index (κ3) is 19.2. The summed E-state index contributed by atoms with van der Waals surface area (Å²) in [5, 5.41) is 14.1. The van der Waals surface area contributed by atoms with Gasteiger partial charge in [0.05, 0.1) is 6.61 Å². The second-order valence-electron chi connectivity index (χ2n) is 9.56. The van der Waals surface area contributed by atoms with Crippen molar-refractivity contribution < 1.29 is 4.74 Å². The van der Waals surface area contributed by atoms with Crippen LogP contribution in [0.5, 0.6) is 5.75 Å². The van der Waals surface area contributed by atoms with Gasteiger partial charge in [0.1, 0.15) is 5.75 Å². The largest absolute Gasteiger partial charge is 0.493 e. The number of unbranched alkanes of at least 4 members (excludes halogenated alkanes) is 1. The first-order chi connectivity index (χ1) is 17.2. The van der Waals surface area contributed by atoms with E-state index in [1.807, 2.05) is 0 Å². The van der Waals surface area contributed by atoms with Crippen LogP contribution in [0.4, 0.5) is 0 Å². The predicted octanol–water partition coefficient (Wildman–Crippen LogP) is 3.54. The van der Waals surface area contributed by atoms with Crippen molar-refractivity contribution in [2.75, 3.05) is 59.0 Å². The molecule has 0 aliphatic rings. The van der Waals surface area contributed by atoms with Gasteiger partial charge in [-0.2, -0.15) is 0 Å². The van der Waals surface area contributed by atoms with Crippen molar-refractivity contribution in [3.05, 3.63) is 29.3 Å². The Balaban J connectivity index is 0.0000122. The average Bonchev–Trinajstić information content (AvgIpc) is 2.87. The number of nitrogens with one attached hydrogen (secondary N) is 4. The van der Waals surface area contributed by atoms with Gasteiger partial charge >= 0.3 is 0 Å². The fourth-order valence-electron chi connectivity index (χ4n) is 3.97. The van der Waals surface area contributed by atoms with Crippen molar-refractivity contribution in [3.8, 4) is 5.75 Å². The van der Waals surface area contributed by atoms with E-state index in [2.05, 4.69) is 53.3 Å². The molecule has 0 bridgehead atoms. The Morgan fingerprint density at radius 2 is 1.19 bits per heavy atom. The third-order valence-corrected chi connectivity index (χ3v) is 6.24. The quantitative estimate of drug-likeness (QED) is 0.108. The van der Waals surface area contributed by atoms with Gasteiger partial charge in [0.25, 0.3) is 0 Å². The maximum absolute atomic E-state index is 6.31. The third-order valence-electron chi connectivity index (χ3n) is 6.24. The summed E-state index contributed by atoms with van der Waals surface area (Å²) in [5.74, 6) is 1.64. The molecule has 1 unspecified atom stereocenters. The molecule has 212 valence electrons. The summed E-state index contributed by atoms with van der Waals surface area (Å²) >= 11 is 0. The van der Waals surface area contributed by atoms with E-state index in [0.29, 0.717) is 5.92 Å². The maximum Gasteiger partial charge on any atom is 0.119 e. The van der Waals surface area contributed by atoms with Crippen LogP contribution in [0.25, 0.3) is 0 Å². The average molecular weight is 529 g/mol. The molecular formula is C28H57ClN6O. The van der Waals surface area contributed by atoms with Crippen molar-refractivity contribution in [2.24, 2.45) is 17.4 Å². The van der Waals surface area contributed by atoms with Crippen LogP contribution in [0.2, 0.25) is 0 Å². The van der Waals surface area contributed by atoms with Crippen LogP contribution in [0.3, 0.4) is 0 Å². The van der Waals surface area contributed by atoms with E-state index in [0.717, 1.165) is 103 Å². The molecule has 1 aromatic carbocycles. The summed E-state index contributed by atoms with van der Waals surface area (Å²) in [6.45, 7) is 14.7. The summed E-state index contributed by atoms with van der Waals surface area (Å²) in [6, 6.07) is 6.73. The molecule has 0 radical (unpaired) electrons. The zero-order valence-corrected chi connectivity index (χ0v) is 24.0. The SMILES string of the molecule is CCCCC(CC)COc1cc(CNCCCNCCCN)cc(CNCCCNCCCN)c1.Cl. The van der Waals surface area contributed by atoms with E-state index in [1.165, 1.54) is 36.8 Å². The summed E-state index contributed by atoms with van der Waals surface area (Å²) in [7, 11) is 0. The molecule has 0 saturated carbocycles. The molecular weight excluding hydrogens is 472 g/mol. The number of ether oxygens (including phenoxy) is 1. The lowest BCUT2D eigenvalue weighted by atomic mass is 10.0. The van der Waals surface area contributed by atoms with Crippen LogP contribution in [0, 0.1) is 5.92 Å². The van der Waals surface area contributed by atoms with Crippen molar-refractivity contribution >= 4 is 12.4 Å². The number of benzene rings is 1. The lowest BCUT2D eigenvalue weighted by Crippen LogP contribution is -2.24. The van der Waals surface area contributed by atoms with Crippen LogP contribution in [0.15, 0.2) is 18.2 Å². The van der Waals surface area contributed by atoms with Gasteiger partial charge in [-0.25, -0.2) is 0 Å². The van der Waals surface area contributed by atoms with Gasteiger partial charge in [-0.1, -0.05) is 39.2 Å². The summed E-state index contributed by atoms with van der Waals surface area (Å²) in [5.41, 5.74) is 13.7. The lowest BCUT2D eigenvalue weighted by molar-refractivity contribution is 0.233. The summed E-state index contributed by atoms with van der Waals surface area (Å²) < 4.78 is 6.31. The molecule has 0 aliphatic heterocycles. The van der Waals surface area contributed by atoms with Crippen LogP contribution in [-0.4, -0.2) is 59.0 Å². The molecule has 8 heteroatoms. The first-order valence-corrected chi connectivity index (χ1v) is 14.2. The Kier molecular flexibility index (Phi) is 25.0. The molecule has 0 heterocycles. The molecule has 1 aromatic rings. The minimum Gasteiger partial charge on any atom is -0.493 e. The standard InChI is InChI=1S/C28H56N6O.ClH/c1-3-5-10-25(4-2)24-35-28-20-26(22-33-17-8-15-31-13-6-11-29)19-27(21-28)23-34-18-9-16-32-14-7-12-30;/h19-21,25,31-34H,3-18,22-24,29-30H2,1-2H3;1H. The fraction of sp³-hybridized carbons (Fsp3) is 0.786. The van der Waals surface area contributed by atoms with Gasteiger partial charge in [0.2, 0.25) is 0 Å². The Bertz CT molecular complexity index is 569. The normalized spacial score (nSPS) is 11.9. The molecule has 36 heavy (non-hydrogen) atoms. The van der Waals surface area contributed by atoms with Crippen molar-refractivity contribution in [1.29, 1.82) is 0 Å². The van der Waals surface area contributed by atoms with Crippen LogP contribution in [-0.2, 0) is 13.1 Å². The number of hydrogen-bond acceptors (Lipinski definition) is 7. The Labute approximate surface area is 228 Å². The number of hydrogen-bond donors (Lipinski definition) is 6. The maximum atomic E-state index is 6.31. The first-order valence-electron chi connectivity index (χ1n) is 14.2. The monoisotopic (exact) mass is 528 g/mol. The molecule has 0 spiro atoms. The highest BCUT2D eigenvalue weighted by molar-refractivity contribution is 5.85. The minimum absolute atomic E-state index is 0. The molecule has 0 saturated heterocycles. The van der Waals surface area contributed by atoms with E-state index in [-0.39, 0.29) is 12.4 Å². The van der Waals surface area contributed by atoms with Gasteiger partial charge < -0.3 is 37.5 Å². The van der Waals surface area contributed by atoms with E-state index in [1.54, 1.807) is 0 Å². The second kappa shape index (κ2) is 25.7. The van der Waals surface area contributed by atoms with Gasteiger partial charge in [-0.3, -0.25) is 0 Å². The van der Waals surface area contributed by atoms with Crippen molar-refractivity contribution in [3.63, 3.8) is 0 Å². The highest BCUT2D eigenvalue weighted by atomic mass is 35.5. The van der Waals surface area contributed by atoms with Gasteiger partial charge in [-0.05, 0) is 114 Å². The zero-order valence-electron chi connectivity index (χ0n) is 23.2. The highest BCUT2D eigenvalue weighted by Gasteiger charge is 2.09. The van der Waals surface area contributed by atoms with Crippen molar-refractivity contribution in [1.82, 2.24) is 21.3 Å². The van der Waals surface area contributed by atoms with Gasteiger partial charge in [0, 0.05) is 13.1 Å². The molecule has 0 aromatic heterocycles. The second-order valence-corrected chi connectivity index (χ2v) is 9.56.